The monoisotopic (exact) mass is 398 g/mol. The highest BCUT2D eigenvalue weighted by Crippen LogP contribution is 2.43. The smallest absolute Gasteiger partial charge is 0.268 e. The summed E-state index contributed by atoms with van der Waals surface area (Å²) in [5.41, 5.74) is 1.12. The Morgan fingerprint density at radius 1 is 1.35 bits per heavy atom. The standard InChI is InChI=1S/C15H15BrN2O4S/c1-9-5-3-4-6-12(9)23(20,21)18-14-11(7-10(16)8-17-14)13(22-2)15(18)19/h3-8,13,15,19H,1-2H3. The van der Waals surface area contributed by atoms with Crippen LogP contribution in [0.3, 0.4) is 0 Å². The van der Waals surface area contributed by atoms with E-state index < -0.39 is 22.4 Å². The van der Waals surface area contributed by atoms with Crippen LogP contribution >= 0.6 is 15.9 Å². The van der Waals surface area contributed by atoms with Gasteiger partial charge in [0, 0.05) is 23.3 Å². The lowest BCUT2D eigenvalue weighted by molar-refractivity contribution is 0.00306. The topological polar surface area (TPSA) is 79.7 Å². The number of fused-ring (bicyclic) bond motifs is 1. The van der Waals surface area contributed by atoms with Gasteiger partial charge in [0.2, 0.25) is 0 Å². The van der Waals surface area contributed by atoms with Gasteiger partial charge in [-0.05, 0) is 40.5 Å². The molecule has 1 aliphatic rings. The van der Waals surface area contributed by atoms with Gasteiger partial charge in [-0.25, -0.2) is 17.7 Å². The van der Waals surface area contributed by atoms with Gasteiger partial charge in [0.1, 0.15) is 6.10 Å². The molecule has 1 aromatic carbocycles. The van der Waals surface area contributed by atoms with Crippen molar-refractivity contribution in [1.82, 2.24) is 4.98 Å². The van der Waals surface area contributed by atoms with E-state index in [1.54, 1.807) is 31.2 Å². The van der Waals surface area contributed by atoms with Gasteiger partial charge >= 0.3 is 0 Å². The third kappa shape index (κ3) is 2.55. The molecule has 0 fully saturated rings. The minimum atomic E-state index is -3.96. The lowest BCUT2D eigenvalue weighted by atomic mass is 10.2. The SMILES string of the molecule is COC1c2cc(Br)cnc2N(S(=O)(=O)c2ccccc2C)C1O. The van der Waals surface area contributed by atoms with Gasteiger partial charge in [0.25, 0.3) is 10.0 Å². The molecule has 0 aliphatic carbocycles. The average molecular weight is 399 g/mol. The molecule has 3 rings (SSSR count). The van der Waals surface area contributed by atoms with Crippen LogP contribution in [0.4, 0.5) is 5.82 Å². The lowest BCUT2D eigenvalue weighted by Crippen LogP contribution is -2.40. The highest BCUT2D eigenvalue weighted by atomic mass is 79.9. The van der Waals surface area contributed by atoms with Crippen LogP contribution in [0.15, 0.2) is 45.9 Å². The van der Waals surface area contributed by atoms with Crippen LogP contribution in [0, 0.1) is 6.92 Å². The summed E-state index contributed by atoms with van der Waals surface area (Å²) < 4.78 is 32.9. The Bertz CT molecular complexity index is 856. The molecule has 2 atom stereocenters. The molecule has 2 unspecified atom stereocenters. The largest absolute Gasteiger partial charge is 0.372 e. The molecule has 1 aromatic heterocycles. The van der Waals surface area contributed by atoms with Crippen molar-refractivity contribution in [1.29, 1.82) is 0 Å². The van der Waals surface area contributed by atoms with Gasteiger partial charge in [-0.2, -0.15) is 0 Å². The Hall–Kier alpha value is -1.48. The zero-order valence-electron chi connectivity index (χ0n) is 12.5. The second-order valence-electron chi connectivity index (χ2n) is 5.20. The molecular weight excluding hydrogens is 384 g/mol. The summed E-state index contributed by atoms with van der Waals surface area (Å²) in [6, 6.07) is 8.32. The first-order valence-electron chi connectivity index (χ1n) is 6.84. The van der Waals surface area contributed by atoms with Gasteiger partial charge in [-0.3, -0.25) is 0 Å². The van der Waals surface area contributed by atoms with Crippen molar-refractivity contribution < 1.29 is 18.3 Å². The minimum absolute atomic E-state index is 0.131. The second kappa shape index (κ2) is 5.86. The summed E-state index contributed by atoms with van der Waals surface area (Å²) >= 11 is 3.30. The maximum atomic E-state index is 13.0. The summed E-state index contributed by atoms with van der Waals surface area (Å²) in [7, 11) is -2.54. The predicted molar refractivity (Wildman–Crippen MR) is 88.5 cm³/mol. The van der Waals surface area contributed by atoms with Crippen LogP contribution in [-0.4, -0.2) is 31.8 Å². The van der Waals surface area contributed by atoms with Crippen molar-refractivity contribution in [2.45, 2.75) is 24.2 Å². The maximum absolute atomic E-state index is 13.0. The number of rotatable bonds is 3. The maximum Gasteiger partial charge on any atom is 0.268 e. The first kappa shape index (κ1) is 16.4. The van der Waals surface area contributed by atoms with Gasteiger partial charge in [-0.1, -0.05) is 18.2 Å². The van der Waals surface area contributed by atoms with E-state index in [2.05, 4.69) is 20.9 Å². The number of sulfonamides is 1. The van der Waals surface area contributed by atoms with Crippen LogP contribution in [0.2, 0.25) is 0 Å². The normalized spacial score (nSPS) is 20.6. The highest BCUT2D eigenvalue weighted by molar-refractivity contribution is 9.10. The Morgan fingerprint density at radius 3 is 2.70 bits per heavy atom. The summed E-state index contributed by atoms with van der Waals surface area (Å²) in [6.07, 6.45) is -0.681. The summed E-state index contributed by atoms with van der Waals surface area (Å²) in [5, 5.41) is 10.5. The molecular formula is C15H15BrN2O4S. The fourth-order valence-corrected chi connectivity index (χ4v) is 4.77. The predicted octanol–water partition coefficient (Wildman–Crippen LogP) is 2.37. The van der Waals surface area contributed by atoms with E-state index in [0.29, 0.717) is 15.6 Å². The number of aromatic nitrogens is 1. The summed E-state index contributed by atoms with van der Waals surface area (Å²) in [4.78, 5) is 4.30. The average Bonchev–Trinajstić information content (AvgIpc) is 2.78. The Morgan fingerprint density at radius 2 is 2.04 bits per heavy atom. The number of aryl methyl sites for hydroxylation is 1. The molecule has 0 spiro atoms. The number of hydrogen-bond donors (Lipinski definition) is 1. The Kier molecular flexibility index (Phi) is 4.18. The third-order valence-electron chi connectivity index (χ3n) is 3.77. The molecule has 8 heteroatoms. The van der Waals surface area contributed by atoms with Crippen LogP contribution in [-0.2, 0) is 14.8 Å². The number of nitrogens with zero attached hydrogens (tertiary/aromatic N) is 2. The lowest BCUT2D eigenvalue weighted by Gasteiger charge is -2.24. The molecule has 0 bridgehead atoms. The second-order valence-corrected chi connectivity index (χ2v) is 7.90. The first-order valence-corrected chi connectivity index (χ1v) is 9.07. The van der Waals surface area contributed by atoms with Crippen molar-refractivity contribution in [3.8, 4) is 0 Å². The fraction of sp³-hybridized carbons (Fsp3) is 0.267. The molecule has 0 saturated heterocycles. The minimum Gasteiger partial charge on any atom is -0.372 e. The summed E-state index contributed by atoms with van der Waals surface area (Å²) in [6.45, 7) is 1.71. The highest BCUT2D eigenvalue weighted by Gasteiger charge is 2.46. The van der Waals surface area contributed by atoms with E-state index in [-0.39, 0.29) is 10.7 Å². The van der Waals surface area contributed by atoms with Crippen LogP contribution in [0.25, 0.3) is 0 Å². The fourth-order valence-electron chi connectivity index (χ4n) is 2.71. The molecule has 6 nitrogen and oxygen atoms in total. The van der Waals surface area contributed by atoms with E-state index in [0.717, 1.165) is 4.31 Å². The van der Waals surface area contributed by atoms with Crippen molar-refractivity contribution >= 4 is 31.8 Å². The third-order valence-corrected chi connectivity index (χ3v) is 6.13. The molecule has 0 amide bonds. The number of methoxy groups -OCH3 is 1. The van der Waals surface area contributed by atoms with E-state index in [1.807, 2.05) is 0 Å². The van der Waals surface area contributed by atoms with Crippen molar-refractivity contribution in [3.05, 3.63) is 52.1 Å². The van der Waals surface area contributed by atoms with E-state index in [4.69, 9.17) is 4.74 Å². The quantitative estimate of drug-likeness (QED) is 0.858. The molecule has 1 aliphatic heterocycles. The van der Waals surface area contributed by atoms with Gasteiger partial charge < -0.3 is 9.84 Å². The first-order chi connectivity index (χ1) is 10.9. The number of halogens is 1. The van der Waals surface area contributed by atoms with Crippen LogP contribution in [0.5, 0.6) is 0 Å². The van der Waals surface area contributed by atoms with Crippen molar-refractivity contribution in [2.75, 3.05) is 11.4 Å². The number of pyridine rings is 1. The Labute approximate surface area is 142 Å². The van der Waals surface area contributed by atoms with Crippen LogP contribution < -0.4 is 4.31 Å². The zero-order chi connectivity index (χ0) is 16.8. The number of anilines is 1. The van der Waals surface area contributed by atoms with Crippen molar-refractivity contribution in [3.63, 3.8) is 0 Å². The van der Waals surface area contributed by atoms with Crippen molar-refractivity contribution in [2.24, 2.45) is 0 Å². The number of ether oxygens (including phenoxy) is 1. The molecule has 2 aromatic rings. The molecule has 2 heterocycles. The summed E-state index contributed by atoms with van der Waals surface area (Å²) in [5.74, 6) is 0.177. The molecule has 1 N–H and O–H groups in total. The van der Waals surface area contributed by atoms with E-state index in [1.165, 1.54) is 19.4 Å². The number of hydrogen-bond acceptors (Lipinski definition) is 5. The Balaban J connectivity index is 2.19. The van der Waals surface area contributed by atoms with Gasteiger partial charge in [-0.15, -0.1) is 0 Å². The zero-order valence-corrected chi connectivity index (χ0v) is 14.9. The van der Waals surface area contributed by atoms with Crippen LogP contribution in [0.1, 0.15) is 17.2 Å². The molecule has 0 saturated carbocycles. The number of benzene rings is 1. The van der Waals surface area contributed by atoms with E-state index >= 15 is 0 Å². The number of aliphatic hydroxyl groups is 1. The molecule has 122 valence electrons. The van der Waals surface area contributed by atoms with Gasteiger partial charge in [0.05, 0.1) is 4.90 Å². The molecule has 0 radical (unpaired) electrons. The molecule has 23 heavy (non-hydrogen) atoms. The van der Waals surface area contributed by atoms with Gasteiger partial charge in [0.15, 0.2) is 12.0 Å². The van der Waals surface area contributed by atoms with E-state index in [9.17, 15) is 13.5 Å². The number of aliphatic hydroxyl groups excluding tert-OH is 1.